The zero-order valence-electron chi connectivity index (χ0n) is 25.0. The molecule has 13 heteroatoms. The van der Waals surface area contributed by atoms with Crippen molar-refractivity contribution in [2.75, 3.05) is 13.7 Å². The Morgan fingerprint density at radius 1 is 1.11 bits per heavy atom. The number of aromatic nitrogens is 1. The Balaban J connectivity index is 1.61. The summed E-state index contributed by atoms with van der Waals surface area (Å²) < 4.78 is 61.7. The first-order valence-electron chi connectivity index (χ1n) is 14.2. The molecule has 9 nitrogen and oxygen atoms in total. The molecular formula is C34H25F3N2O7S. The number of halogens is 3. The Labute approximate surface area is 268 Å². The van der Waals surface area contributed by atoms with Gasteiger partial charge in [0.2, 0.25) is 0 Å². The number of carboxylic acids is 1. The van der Waals surface area contributed by atoms with Crippen molar-refractivity contribution in [3.05, 3.63) is 120 Å². The number of rotatable bonds is 7. The number of nitrogens with zero attached hydrogens (tertiary/aromatic N) is 2. The van der Waals surface area contributed by atoms with Crippen molar-refractivity contribution >= 4 is 40.1 Å². The van der Waals surface area contributed by atoms with E-state index in [1.54, 1.807) is 61.5 Å². The molecule has 1 aliphatic rings. The lowest BCUT2D eigenvalue weighted by atomic mass is 9.90. The summed E-state index contributed by atoms with van der Waals surface area (Å²) in [5.74, 6) is -1.72. The second-order valence-electron chi connectivity index (χ2n) is 10.5. The molecule has 0 aliphatic carbocycles. The fourth-order valence-corrected chi connectivity index (χ4v) is 6.56. The number of carbonyl (C=O) groups excluding carboxylic acids is 1. The number of benzene rings is 3. The lowest BCUT2D eigenvalue weighted by molar-refractivity contribution is -0.140. The lowest BCUT2D eigenvalue weighted by Gasteiger charge is -2.28. The van der Waals surface area contributed by atoms with E-state index in [-0.39, 0.29) is 38.6 Å². The smallest absolute Gasteiger partial charge is 0.434 e. The molecule has 0 unspecified atom stereocenters. The molecule has 0 saturated heterocycles. The van der Waals surface area contributed by atoms with Crippen LogP contribution in [0.15, 0.2) is 92.2 Å². The van der Waals surface area contributed by atoms with Gasteiger partial charge < -0.3 is 19.0 Å². The summed E-state index contributed by atoms with van der Waals surface area (Å²) in [6.07, 6.45) is -3.71. The molecule has 240 valence electrons. The average Bonchev–Trinajstić information content (AvgIpc) is 3.63. The van der Waals surface area contributed by atoms with E-state index in [1.807, 2.05) is 0 Å². The third kappa shape index (κ3) is 5.63. The molecule has 0 bridgehead atoms. The minimum atomic E-state index is -5.08. The van der Waals surface area contributed by atoms with Gasteiger partial charge in [0.05, 0.1) is 29.4 Å². The second-order valence-corrected chi connectivity index (χ2v) is 11.5. The molecule has 0 fully saturated rings. The summed E-state index contributed by atoms with van der Waals surface area (Å²) in [7, 11) is 1.35. The summed E-state index contributed by atoms with van der Waals surface area (Å²) in [4.78, 5) is 42.6. The van der Waals surface area contributed by atoms with Gasteiger partial charge in [-0.15, -0.1) is 0 Å². The van der Waals surface area contributed by atoms with Crippen molar-refractivity contribution in [1.82, 2.24) is 4.57 Å². The molecule has 1 N–H and O–H groups in total. The minimum Gasteiger partial charge on any atom is -0.496 e. The summed E-state index contributed by atoms with van der Waals surface area (Å²) >= 11 is 0.699. The van der Waals surface area contributed by atoms with Crippen molar-refractivity contribution in [1.29, 1.82) is 0 Å². The number of carbonyl (C=O) groups is 2. The summed E-state index contributed by atoms with van der Waals surface area (Å²) in [6, 6.07) is 16.3. The summed E-state index contributed by atoms with van der Waals surface area (Å²) in [5.41, 5.74) is -1.57. The Morgan fingerprint density at radius 2 is 1.87 bits per heavy atom. The largest absolute Gasteiger partial charge is 0.496 e. The molecule has 0 amide bonds. The fraction of sp³-hybridized carbons (Fsp3) is 0.176. The molecular weight excluding hydrogens is 637 g/mol. The van der Waals surface area contributed by atoms with Gasteiger partial charge in [0.1, 0.15) is 23.3 Å². The number of hydrogen-bond donors (Lipinski definition) is 1. The molecule has 0 saturated carbocycles. The van der Waals surface area contributed by atoms with Crippen molar-refractivity contribution in [3.8, 4) is 17.1 Å². The van der Waals surface area contributed by atoms with Crippen molar-refractivity contribution in [3.63, 3.8) is 0 Å². The number of aryl methyl sites for hydroxylation is 1. The molecule has 6 rings (SSSR count). The van der Waals surface area contributed by atoms with E-state index >= 15 is 0 Å². The van der Waals surface area contributed by atoms with Crippen molar-refractivity contribution < 1.29 is 41.8 Å². The predicted molar refractivity (Wildman–Crippen MR) is 167 cm³/mol. The number of methoxy groups -OCH3 is 1. The molecule has 0 spiro atoms. The van der Waals surface area contributed by atoms with Gasteiger partial charge in [0, 0.05) is 17.2 Å². The highest BCUT2D eigenvalue weighted by atomic mass is 32.1. The van der Waals surface area contributed by atoms with Crippen LogP contribution >= 0.6 is 11.3 Å². The Kier molecular flexibility index (Phi) is 8.10. The van der Waals surface area contributed by atoms with Crippen LogP contribution in [0.25, 0.3) is 28.2 Å². The van der Waals surface area contributed by atoms with E-state index in [0.717, 1.165) is 10.1 Å². The van der Waals surface area contributed by atoms with E-state index in [2.05, 4.69) is 4.99 Å². The van der Waals surface area contributed by atoms with E-state index in [9.17, 15) is 32.7 Å². The van der Waals surface area contributed by atoms with Crippen LogP contribution in [-0.2, 0) is 9.53 Å². The summed E-state index contributed by atoms with van der Waals surface area (Å²) in [6.45, 7) is 3.03. The number of aromatic carboxylic acids is 1. The highest BCUT2D eigenvalue weighted by Crippen LogP contribution is 2.43. The normalized spacial score (nSPS) is 15.0. The van der Waals surface area contributed by atoms with Crippen LogP contribution in [-0.4, -0.2) is 41.5 Å². The molecule has 5 aromatic rings. The molecule has 2 aromatic heterocycles. The third-order valence-corrected chi connectivity index (χ3v) is 8.65. The predicted octanol–water partition coefficient (Wildman–Crippen LogP) is 5.77. The van der Waals surface area contributed by atoms with Crippen molar-refractivity contribution in [2.24, 2.45) is 4.99 Å². The van der Waals surface area contributed by atoms with Gasteiger partial charge in [0.15, 0.2) is 10.5 Å². The molecule has 3 heterocycles. The second kappa shape index (κ2) is 12.1. The molecule has 1 atom stereocenters. The van der Waals surface area contributed by atoms with Crippen LogP contribution in [0.2, 0.25) is 0 Å². The van der Waals surface area contributed by atoms with Gasteiger partial charge in [-0.3, -0.25) is 9.36 Å². The van der Waals surface area contributed by atoms with Gasteiger partial charge in [-0.2, -0.15) is 13.2 Å². The number of ether oxygens (including phenoxy) is 2. The molecule has 3 aromatic carbocycles. The Hall–Kier alpha value is -5.43. The number of allylic oxidation sites excluding steroid dienone is 1. The lowest BCUT2D eigenvalue weighted by Crippen LogP contribution is -2.41. The maximum Gasteiger partial charge on any atom is 0.434 e. The zero-order chi connectivity index (χ0) is 33.6. The number of alkyl halides is 3. The molecule has 47 heavy (non-hydrogen) atoms. The maximum absolute atomic E-state index is 14.7. The highest BCUT2D eigenvalue weighted by molar-refractivity contribution is 7.07. The van der Waals surface area contributed by atoms with Crippen LogP contribution in [0.4, 0.5) is 13.2 Å². The van der Waals surface area contributed by atoms with Gasteiger partial charge in [-0.1, -0.05) is 47.7 Å². The topological polar surface area (TPSA) is 120 Å². The zero-order valence-corrected chi connectivity index (χ0v) is 25.9. The first-order valence-corrected chi connectivity index (χ1v) is 15.0. The standard InChI is InChI=1S/C34H25F3N2O7S/c1-4-45-32(43)27-28(26-21-8-6-5-7-18(21)11-13-24(26)44-3)39-30(40)25(47-33(39)38-29(27)34(35,36)37)16-20-12-14-23(46-20)22-15-19(31(41)42)10-9-17(22)2/h5-16,28H,4H2,1-3H3,(H,41,42)/b25-16-/t28-/m0/s1. The van der Waals surface area contributed by atoms with Crippen molar-refractivity contribution in [2.45, 2.75) is 26.1 Å². The van der Waals surface area contributed by atoms with E-state index in [4.69, 9.17) is 13.9 Å². The minimum absolute atomic E-state index is 0.0171. The first kappa shape index (κ1) is 31.5. The number of furan rings is 1. The van der Waals surface area contributed by atoms with Gasteiger partial charge >= 0.3 is 18.1 Å². The third-order valence-electron chi connectivity index (χ3n) is 7.67. The van der Waals surface area contributed by atoms with Crippen LogP contribution < -0.4 is 19.6 Å². The Morgan fingerprint density at radius 3 is 2.57 bits per heavy atom. The number of esters is 1. The number of thiazole rings is 1. The summed E-state index contributed by atoms with van der Waals surface area (Å²) in [5, 5.41) is 10.5. The van der Waals surface area contributed by atoms with Gasteiger partial charge in [-0.25, -0.2) is 14.6 Å². The van der Waals surface area contributed by atoms with Gasteiger partial charge in [-0.05, 0) is 60.5 Å². The van der Waals surface area contributed by atoms with Crippen LogP contribution in [0, 0.1) is 6.92 Å². The monoisotopic (exact) mass is 662 g/mol. The number of fused-ring (bicyclic) bond motifs is 2. The van der Waals surface area contributed by atoms with Crippen LogP contribution in [0.1, 0.15) is 40.2 Å². The molecule has 0 radical (unpaired) electrons. The quantitative estimate of drug-likeness (QED) is 0.220. The SMILES string of the molecule is CCOC(=O)C1=C(C(F)(F)F)N=c2s/c(=C\c3ccc(-c4cc(C(=O)O)ccc4C)o3)c(=O)n2[C@H]1c1c(OC)ccc2ccccc12. The maximum atomic E-state index is 14.7. The van der Waals surface area contributed by atoms with Crippen LogP contribution in [0.5, 0.6) is 5.75 Å². The average molecular weight is 663 g/mol. The fourth-order valence-electron chi connectivity index (χ4n) is 5.57. The molecule has 1 aliphatic heterocycles. The Bertz CT molecular complexity index is 2300. The number of carboxylic acid groups (broad SMARTS) is 1. The number of hydrogen-bond acceptors (Lipinski definition) is 8. The highest BCUT2D eigenvalue weighted by Gasteiger charge is 2.46. The van der Waals surface area contributed by atoms with E-state index in [1.165, 1.54) is 32.2 Å². The van der Waals surface area contributed by atoms with E-state index in [0.29, 0.717) is 33.4 Å². The first-order chi connectivity index (χ1) is 22.4. The van der Waals surface area contributed by atoms with E-state index < -0.39 is 41.0 Å². The van der Waals surface area contributed by atoms with Crippen LogP contribution in [0.3, 0.4) is 0 Å². The van der Waals surface area contributed by atoms with Gasteiger partial charge in [0.25, 0.3) is 5.56 Å².